The number of aromatic nitrogens is 6. The molecule has 16 heteroatoms. The van der Waals surface area contributed by atoms with Gasteiger partial charge in [-0.25, -0.2) is 9.97 Å². The number of thiazole rings is 2. The van der Waals surface area contributed by atoms with E-state index in [1.54, 1.807) is 22.7 Å². The van der Waals surface area contributed by atoms with Gasteiger partial charge in [0.1, 0.15) is 0 Å². The Morgan fingerprint density at radius 1 is 0.531 bits per heavy atom. The molecule has 0 aliphatic carbocycles. The van der Waals surface area contributed by atoms with Crippen LogP contribution in [-0.4, -0.2) is 75.6 Å². The number of hydrogen-bond donors (Lipinski definition) is 0. The molecular weight excluding hydrogens is 824 g/mol. The highest BCUT2D eigenvalue weighted by Gasteiger charge is 2.51. The summed E-state index contributed by atoms with van der Waals surface area (Å²) >= 11 is 3.53. The molecule has 0 N–H and O–H groups in total. The Hall–Kier alpha value is -6.50. The van der Waals surface area contributed by atoms with Crippen molar-refractivity contribution in [2.75, 3.05) is 0 Å². The molecule has 0 bridgehead atoms. The number of benzene rings is 2. The third-order valence-electron chi connectivity index (χ3n) is 13.4. The van der Waals surface area contributed by atoms with Crippen LogP contribution in [0, 0.1) is 0 Å². The van der Waals surface area contributed by atoms with Crippen LogP contribution in [0.4, 0.5) is 0 Å². The number of fused-ring (bicyclic) bond motifs is 18. The Labute approximate surface area is 380 Å². The van der Waals surface area contributed by atoms with E-state index in [-0.39, 0.29) is 38.8 Å². The molecule has 2 aromatic carbocycles. The molecular formula is C48H42B4N10S2. The maximum atomic E-state index is 5.06. The molecule has 0 atom stereocenters. The summed E-state index contributed by atoms with van der Waals surface area (Å²) in [7, 11) is 0. The minimum atomic E-state index is -0.0976. The van der Waals surface area contributed by atoms with Crippen LogP contribution in [0.1, 0.15) is 63.8 Å². The lowest BCUT2D eigenvalue weighted by Crippen LogP contribution is -2.73. The van der Waals surface area contributed by atoms with Gasteiger partial charge in [-0.3, -0.25) is 13.8 Å². The van der Waals surface area contributed by atoms with Crippen LogP contribution in [0.2, 0.25) is 0 Å². The van der Waals surface area contributed by atoms with Gasteiger partial charge in [-0.05, 0) is 113 Å². The summed E-state index contributed by atoms with van der Waals surface area (Å²) in [5.41, 5.74) is 13.6. The lowest BCUT2D eigenvalue weighted by Gasteiger charge is -2.53. The van der Waals surface area contributed by atoms with Crippen LogP contribution < -0.4 is 0 Å². The lowest BCUT2D eigenvalue weighted by molar-refractivity contribution is 0.589. The van der Waals surface area contributed by atoms with E-state index >= 15 is 0 Å². The highest BCUT2D eigenvalue weighted by Crippen LogP contribution is 2.45. The molecule has 0 radical (unpaired) electrons. The second kappa shape index (κ2) is 13.5. The third kappa shape index (κ3) is 5.48. The second-order valence-corrected chi connectivity index (χ2v) is 21.3. The molecule has 64 heavy (non-hydrogen) atoms. The van der Waals surface area contributed by atoms with Crippen LogP contribution in [0.5, 0.6) is 0 Å². The number of pyridine rings is 2. The fourth-order valence-corrected chi connectivity index (χ4v) is 12.9. The Morgan fingerprint density at radius 2 is 1.08 bits per heavy atom. The van der Waals surface area contributed by atoms with E-state index in [1.165, 1.54) is 42.8 Å². The van der Waals surface area contributed by atoms with Gasteiger partial charge < -0.3 is 18.9 Å². The molecule has 1 fully saturated rings. The van der Waals surface area contributed by atoms with Crippen molar-refractivity contribution in [2.45, 2.75) is 52.4 Å². The fourth-order valence-electron chi connectivity index (χ4n) is 10.5. The van der Waals surface area contributed by atoms with Crippen LogP contribution in [-0.2, 0) is 10.8 Å². The monoisotopic (exact) mass is 866 g/mol. The van der Waals surface area contributed by atoms with Gasteiger partial charge in [-0.2, -0.15) is 4.98 Å². The van der Waals surface area contributed by atoms with Gasteiger partial charge in [0.05, 0.1) is 43.2 Å². The zero-order valence-corrected chi connectivity index (χ0v) is 38.1. The van der Waals surface area contributed by atoms with Crippen LogP contribution >= 0.6 is 22.7 Å². The van der Waals surface area contributed by atoms with Gasteiger partial charge in [0.2, 0.25) is 0 Å². The Balaban J connectivity index is 0.962. The van der Waals surface area contributed by atoms with Crippen LogP contribution in [0.25, 0.3) is 63.7 Å². The van der Waals surface area contributed by atoms with E-state index in [1.807, 2.05) is 30.7 Å². The first-order valence-electron chi connectivity index (χ1n) is 22.0. The molecule has 0 amide bonds. The molecule has 0 unspecified atom stereocenters. The summed E-state index contributed by atoms with van der Waals surface area (Å²) in [4.78, 5) is 21.1. The van der Waals surface area contributed by atoms with Crippen LogP contribution in [0.3, 0.4) is 0 Å². The second-order valence-electron chi connectivity index (χ2n) is 19.3. The Kier molecular flexibility index (Phi) is 8.02. The van der Waals surface area contributed by atoms with Crippen molar-refractivity contribution in [2.24, 2.45) is 0 Å². The molecule has 13 rings (SSSR count). The van der Waals surface area contributed by atoms with Gasteiger partial charge in [0.25, 0.3) is 0 Å². The molecule has 308 valence electrons. The van der Waals surface area contributed by atoms with Crippen molar-refractivity contribution in [3.63, 3.8) is 0 Å². The Bertz CT molecular complexity index is 3330. The predicted molar refractivity (Wildman–Crippen MR) is 270 cm³/mol. The SMILES string of the molecule is CC(C)(C)c1ccc2c(sc3nc4ccncc4n32)c1C1=CB2N(C=C1)B1C=CC=CN1B1C=C(c3c(C(C)(C)C)ccc4c3sc3nc5ncccc5n34)C=CN1B1C=CC=CN12. The van der Waals surface area contributed by atoms with Gasteiger partial charge in [0.15, 0.2) is 15.6 Å². The molecule has 6 aromatic heterocycles. The smallest absolute Gasteiger partial charge is 0.381 e. The van der Waals surface area contributed by atoms with Gasteiger partial charge >= 0.3 is 27.9 Å². The summed E-state index contributed by atoms with van der Waals surface area (Å²) in [6.45, 7) is 13.6. The number of rotatable bonds is 2. The summed E-state index contributed by atoms with van der Waals surface area (Å²) in [6.07, 6.45) is 28.2. The first-order valence-corrected chi connectivity index (χ1v) is 23.6. The van der Waals surface area contributed by atoms with E-state index in [0.717, 1.165) is 43.2 Å². The van der Waals surface area contributed by atoms with E-state index in [9.17, 15) is 0 Å². The highest BCUT2D eigenvalue weighted by atomic mass is 32.1. The predicted octanol–water partition coefficient (Wildman–Crippen LogP) is 10.1. The van der Waals surface area contributed by atoms with Crippen molar-refractivity contribution in [1.82, 2.24) is 47.6 Å². The maximum Gasteiger partial charge on any atom is 0.381 e. The molecule has 5 aliphatic heterocycles. The van der Waals surface area contributed by atoms with Crippen molar-refractivity contribution >= 4 is 114 Å². The molecule has 5 aliphatic rings. The third-order valence-corrected chi connectivity index (χ3v) is 15.6. The first kappa shape index (κ1) is 38.0. The number of imidazole rings is 2. The summed E-state index contributed by atoms with van der Waals surface area (Å²) < 4.78 is 17.1. The van der Waals surface area contributed by atoms with Crippen LogP contribution in [0.15, 0.2) is 146 Å². The van der Waals surface area contributed by atoms with E-state index < -0.39 is 0 Å². The molecule has 0 saturated carbocycles. The number of allylic oxidation sites excluding steroid dienone is 8. The van der Waals surface area contributed by atoms with Gasteiger partial charge in [-0.15, -0.1) is 0 Å². The average molecular weight is 866 g/mol. The number of nitrogens with zero attached hydrogens (tertiary/aromatic N) is 10. The lowest BCUT2D eigenvalue weighted by atomic mass is 9.41. The fraction of sp³-hybridized carbons (Fsp3) is 0.167. The number of hydrogen-bond acceptors (Lipinski definition) is 10. The van der Waals surface area contributed by atoms with E-state index in [4.69, 9.17) is 9.97 Å². The molecule has 8 aromatic rings. The van der Waals surface area contributed by atoms with Crippen molar-refractivity contribution < 1.29 is 0 Å². The zero-order valence-electron chi connectivity index (χ0n) is 36.5. The largest absolute Gasteiger partial charge is 0.423 e. The molecule has 0 spiro atoms. The average Bonchev–Trinajstić information content (AvgIpc) is 4.05. The minimum Gasteiger partial charge on any atom is -0.423 e. The standard InChI is InChI=1S/C48H42B4N10S2/c1-47(2,3)33-13-15-36-42(64-46-56-44-38(61(36)46)12-11-22-54-44)40(33)31-18-26-59-50-21-8-10-25-58(50)52-29-32(19-27-60(52)49-20-7-9-24-57(49)51(59)28-31)41-34(48(4,5)6)14-16-37-43(41)63-45-55-35-17-23-53-30-39(35)62(37)45/h7-30H,1-6H3. The topological polar surface area (TPSA) is 73.3 Å². The van der Waals surface area contributed by atoms with E-state index in [0.29, 0.717) is 0 Å². The first-order chi connectivity index (χ1) is 31.0. The van der Waals surface area contributed by atoms with Crippen molar-refractivity contribution in [1.29, 1.82) is 0 Å². The van der Waals surface area contributed by atoms with Gasteiger partial charge in [0, 0.05) is 23.5 Å². The highest BCUT2D eigenvalue weighted by molar-refractivity contribution is 7.24. The maximum absolute atomic E-state index is 5.06. The quantitative estimate of drug-likeness (QED) is 0.159. The summed E-state index contributed by atoms with van der Waals surface area (Å²) in [6, 6.07) is 15.3. The molecule has 1 saturated heterocycles. The van der Waals surface area contributed by atoms with E-state index in [2.05, 4.69) is 195 Å². The summed E-state index contributed by atoms with van der Waals surface area (Å²) in [5.74, 6) is 9.66. The molecule has 10 nitrogen and oxygen atoms in total. The zero-order chi connectivity index (χ0) is 43.2. The molecule has 11 heterocycles. The minimum absolute atomic E-state index is 0.0654. The summed E-state index contributed by atoms with van der Waals surface area (Å²) in [5, 5.41) is 0. The van der Waals surface area contributed by atoms with Gasteiger partial charge in [-0.1, -0.05) is 112 Å². The van der Waals surface area contributed by atoms with Crippen molar-refractivity contribution in [3.8, 4) is 0 Å². The Morgan fingerprint density at radius 3 is 1.66 bits per heavy atom. The van der Waals surface area contributed by atoms with Crippen molar-refractivity contribution in [3.05, 3.63) is 168 Å². The normalized spacial score (nSPS) is 17.4.